The Bertz CT molecular complexity index is 590. The largest absolute Gasteiger partial charge is 0.424 e. The van der Waals surface area contributed by atoms with Gasteiger partial charge in [-0.15, -0.1) is 0 Å². The minimum atomic E-state index is -0.378. The van der Waals surface area contributed by atoms with Crippen LogP contribution in [-0.4, -0.2) is 0 Å². The topological polar surface area (TPSA) is 34.6 Å². The fourth-order valence-electron chi connectivity index (χ4n) is 1.38. The number of benzene rings is 1. The van der Waals surface area contributed by atoms with Crippen molar-refractivity contribution < 1.29 is 4.42 Å². The average molecular weight is 185 g/mol. The maximum Gasteiger partial charge on any atom is 0.336 e. The van der Waals surface area contributed by atoms with Gasteiger partial charge >= 0.3 is 5.63 Å². The van der Waals surface area contributed by atoms with Crippen molar-refractivity contribution in [2.45, 2.75) is 6.92 Å². The van der Waals surface area contributed by atoms with Crippen molar-refractivity contribution in [1.82, 2.24) is 0 Å². The van der Waals surface area contributed by atoms with Gasteiger partial charge in [0.25, 0.3) is 0 Å². The fourth-order valence-corrected chi connectivity index (χ4v) is 1.38. The van der Waals surface area contributed by atoms with Crippen molar-refractivity contribution in [2.75, 3.05) is 0 Å². The molecule has 1 heterocycles. The number of aryl methyl sites for hydroxylation is 1. The van der Waals surface area contributed by atoms with E-state index >= 15 is 0 Å². The quantitative estimate of drug-likeness (QED) is 0.467. The Morgan fingerprint density at radius 2 is 2.14 bits per heavy atom. The molecule has 0 spiro atoms. The lowest BCUT2D eigenvalue weighted by Crippen LogP contribution is -1.97. The fraction of sp³-hybridized carbons (Fsp3) is 0.0909. The summed E-state index contributed by atoms with van der Waals surface area (Å²) in [5, 5.41) is 0.872. The number of rotatable bonds is 0. The summed E-state index contributed by atoms with van der Waals surface area (Å²) >= 11 is 0. The lowest BCUT2D eigenvalue weighted by molar-refractivity contribution is 0.560. The van der Waals surface area contributed by atoms with Gasteiger partial charge < -0.3 is 4.42 Å². The molecular weight excluding hydrogens is 178 g/mol. The van der Waals surface area contributed by atoms with Gasteiger partial charge in [0, 0.05) is 11.5 Å². The van der Waals surface area contributed by atoms with E-state index in [4.69, 9.17) is 11.0 Å². The molecule has 0 atom stereocenters. The number of hydrogen-bond acceptors (Lipinski definition) is 2. The molecule has 68 valence electrons. The molecule has 0 aliphatic carbocycles. The third-order valence-electron chi connectivity index (χ3n) is 2.06. The first-order chi connectivity index (χ1) is 6.70. The van der Waals surface area contributed by atoms with Crippen LogP contribution in [0.25, 0.3) is 15.8 Å². The Hall–Kier alpha value is -2.08. The summed E-state index contributed by atoms with van der Waals surface area (Å²) in [4.78, 5) is 14.3. The maximum absolute atomic E-state index is 11.1. The highest BCUT2D eigenvalue weighted by molar-refractivity contribution is 5.83. The first kappa shape index (κ1) is 8.52. The van der Waals surface area contributed by atoms with Crippen LogP contribution in [0.3, 0.4) is 0 Å². The van der Waals surface area contributed by atoms with Gasteiger partial charge in [0.15, 0.2) is 5.69 Å². The Morgan fingerprint density at radius 1 is 1.36 bits per heavy atom. The van der Waals surface area contributed by atoms with E-state index in [1.165, 1.54) is 6.07 Å². The molecule has 0 unspecified atom stereocenters. The zero-order valence-corrected chi connectivity index (χ0v) is 7.57. The molecular formula is C11H7NO2. The Morgan fingerprint density at radius 3 is 2.86 bits per heavy atom. The summed E-state index contributed by atoms with van der Waals surface area (Å²) in [6, 6.07) is 6.53. The highest BCUT2D eigenvalue weighted by Crippen LogP contribution is 2.22. The minimum absolute atomic E-state index is 0.378. The van der Waals surface area contributed by atoms with E-state index in [0.717, 1.165) is 10.9 Å². The van der Waals surface area contributed by atoms with E-state index in [9.17, 15) is 4.79 Å². The van der Waals surface area contributed by atoms with Crippen LogP contribution in [0.4, 0.5) is 5.69 Å². The third kappa shape index (κ3) is 1.27. The Labute approximate surface area is 80.4 Å². The molecule has 1 aromatic heterocycles. The highest BCUT2D eigenvalue weighted by atomic mass is 16.4. The van der Waals surface area contributed by atoms with E-state index in [2.05, 4.69) is 4.85 Å². The normalized spacial score (nSPS) is 10.0. The summed E-state index contributed by atoms with van der Waals surface area (Å²) in [5.41, 5.74) is 1.44. The van der Waals surface area contributed by atoms with Crippen molar-refractivity contribution >= 4 is 16.7 Å². The van der Waals surface area contributed by atoms with E-state index in [0.29, 0.717) is 11.3 Å². The zero-order valence-electron chi connectivity index (χ0n) is 7.57. The molecule has 0 aliphatic heterocycles. The van der Waals surface area contributed by atoms with Crippen molar-refractivity contribution in [3.8, 4) is 0 Å². The molecule has 0 saturated carbocycles. The van der Waals surface area contributed by atoms with E-state index in [1.807, 2.05) is 6.92 Å². The summed E-state index contributed by atoms with van der Waals surface area (Å²) < 4.78 is 4.99. The van der Waals surface area contributed by atoms with Crippen molar-refractivity contribution in [1.29, 1.82) is 0 Å². The molecule has 14 heavy (non-hydrogen) atoms. The van der Waals surface area contributed by atoms with E-state index in [1.54, 1.807) is 18.2 Å². The van der Waals surface area contributed by atoms with Crippen LogP contribution in [0, 0.1) is 13.5 Å². The molecule has 0 saturated heterocycles. The molecule has 0 radical (unpaired) electrons. The minimum Gasteiger partial charge on any atom is -0.424 e. The van der Waals surface area contributed by atoms with Crippen molar-refractivity contribution in [2.24, 2.45) is 0 Å². The molecule has 2 rings (SSSR count). The first-order valence-corrected chi connectivity index (χ1v) is 4.12. The van der Waals surface area contributed by atoms with Gasteiger partial charge in [-0.1, -0.05) is 12.1 Å². The number of hydrogen-bond donors (Lipinski definition) is 0. The number of fused-ring (bicyclic) bond motifs is 1. The molecule has 0 N–H and O–H groups in total. The van der Waals surface area contributed by atoms with Crippen LogP contribution in [0.5, 0.6) is 0 Å². The standard InChI is InChI=1S/C11H7NO2/c1-7-5-11(13)14-10-6-8(12-2)3-4-9(7)10/h3-6H,1H3. The van der Waals surface area contributed by atoms with Crippen LogP contribution in [-0.2, 0) is 0 Å². The van der Waals surface area contributed by atoms with Crippen LogP contribution >= 0.6 is 0 Å². The van der Waals surface area contributed by atoms with Crippen molar-refractivity contribution in [3.05, 3.63) is 51.7 Å². The van der Waals surface area contributed by atoms with Gasteiger partial charge in [0.2, 0.25) is 0 Å². The molecule has 3 heteroatoms. The van der Waals surface area contributed by atoms with E-state index < -0.39 is 0 Å². The predicted octanol–water partition coefficient (Wildman–Crippen LogP) is 2.65. The maximum atomic E-state index is 11.1. The van der Waals surface area contributed by atoms with Gasteiger partial charge in [-0.05, 0) is 18.6 Å². The summed E-state index contributed by atoms with van der Waals surface area (Å²) in [6.07, 6.45) is 0. The van der Waals surface area contributed by atoms with Gasteiger partial charge in [0.05, 0.1) is 6.57 Å². The van der Waals surface area contributed by atoms with Gasteiger partial charge in [-0.25, -0.2) is 9.64 Å². The van der Waals surface area contributed by atoms with Gasteiger partial charge in [-0.3, -0.25) is 0 Å². The predicted molar refractivity (Wildman–Crippen MR) is 53.5 cm³/mol. The SMILES string of the molecule is [C-]#[N+]c1ccc2c(C)cc(=O)oc2c1. The molecule has 0 amide bonds. The second-order valence-corrected chi connectivity index (χ2v) is 3.04. The van der Waals surface area contributed by atoms with Crippen LogP contribution in [0.1, 0.15) is 5.56 Å². The molecule has 0 bridgehead atoms. The smallest absolute Gasteiger partial charge is 0.336 e. The second-order valence-electron chi connectivity index (χ2n) is 3.04. The van der Waals surface area contributed by atoms with Crippen molar-refractivity contribution in [3.63, 3.8) is 0 Å². The molecule has 3 nitrogen and oxygen atoms in total. The number of nitrogens with zero attached hydrogens (tertiary/aromatic N) is 1. The lowest BCUT2D eigenvalue weighted by Gasteiger charge is -1.99. The molecule has 2 aromatic rings. The second kappa shape index (κ2) is 3.00. The third-order valence-corrected chi connectivity index (χ3v) is 2.06. The zero-order chi connectivity index (χ0) is 10.1. The summed E-state index contributed by atoms with van der Waals surface area (Å²) in [6.45, 7) is 8.68. The van der Waals surface area contributed by atoms with E-state index in [-0.39, 0.29) is 5.63 Å². The van der Waals surface area contributed by atoms with Gasteiger partial charge in [0.1, 0.15) is 5.58 Å². The van der Waals surface area contributed by atoms with Crippen LogP contribution in [0.15, 0.2) is 33.5 Å². The Balaban J connectivity index is 2.90. The average Bonchev–Trinajstić information content (AvgIpc) is 2.16. The first-order valence-electron chi connectivity index (χ1n) is 4.12. The highest BCUT2D eigenvalue weighted by Gasteiger charge is 2.02. The molecule has 1 aromatic carbocycles. The lowest BCUT2D eigenvalue weighted by atomic mass is 10.1. The van der Waals surface area contributed by atoms with Crippen LogP contribution in [0.2, 0.25) is 0 Å². The van der Waals surface area contributed by atoms with Crippen LogP contribution < -0.4 is 5.63 Å². The molecule has 0 fully saturated rings. The summed E-state index contributed by atoms with van der Waals surface area (Å²) in [5.74, 6) is 0. The monoisotopic (exact) mass is 185 g/mol. The summed E-state index contributed by atoms with van der Waals surface area (Å²) in [7, 11) is 0. The van der Waals surface area contributed by atoms with Gasteiger partial charge in [-0.2, -0.15) is 0 Å². The Kier molecular flexibility index (Phi) is 1.83. The molecule has 0 aliphatic rings.